The number of likely N-dealkylation sites (tertiary alicyclic amines) is 1. The van der Waals surface area contributed by atoms with E-state index in [-0.39, 0.29) is 22.4 Å². The maximum atomic E-state index is 13.3. The van der Waals surface area contributed by atoms with Crippen LogP contribution in [0.4, 0.5) is 5.69 Å². The summed E-state index contributed by atoms with van der Waals surface area (Å²) in [4.78, 5) is 27.8. The van der Waals surface area contributed by atoms with Gasteiger partial charge in [0.1, 0.15) is 6.04 Å². The first-order chi connectivity index (χ1) is 15.1. The van der Waals surface area contributed by atoms with Gasteiger partial charge < -0.3 is 10.2 Å². The van der Waals surface area contributed by atoms with Crippen molar-refractivity contribution in [1.29, 1.82) is 0 Å². The average Bonchev–Trinajstić information content (AvgIpc) is 2.75. The first-order valence-corrected chi connectivity index (χ1v) is 12.5. The van der Waals surface area contributed by atoms with Crippen LogP contribution >= 0.6 is 23.2 Å². The Morgan fingerprint density at radius 1 is 1.09 bits per heavy atom. The number of amides is 2. The van der Waals surface area contributed by atoms with Crippen LogP contribution in [0.5, 0.6) is 0 Å². The molecule has 32 heavy (non-hydrogen) atoms. The molecule has 0 unspecified atom stereocenters. The number of hydrogen-bond acceptors (Lipinski definition) is 4. The van der Waals surface area contributed by atoms with Crippen LogP contribution in [0.25, 0.3) is 0 Å². The normalized spacial score (nSPS) is 16.8. The number of anilines is 1. The van der Waals surface area contributed by atoms with E-state index < -0.39 is 22.0 Å². The Hall–Kier alpha value is -2.13. The van der Waals surface area contributed by atoms with Crippen molar-refractivity contribution < 1.29 is 18.0 Å². The molecule has 2 aromatic rings. The molecule has 1 atom stereocenters. The van der Waals surface area contributed by atoms with E-state index in [1.165, 1.54) is 23.1 Å². The largest absolute Gasteiger partial charge is 0.327 e. The topological polar surface area (TPSA) is 95.6 Å². The van der Waals surface area contributed by atoms with Gasteiger partial charge in [-0.15, -0.1) is 0 Å². The summed E-state index contributed by atoms with van der Waals surface area (Å²) in [7, 11) is -3.75. The fourth-order valence-corrected chi connectivity index (χ4v) is 5.23. The summed E-state index contributed by atoms with van der Waals surface area (Å²) >= 11 is 12.2. The van der Waals surface area contributed by atoms with Crippen LogP contribution in [-0.4, -0.2) is 43.8 Å². The number of carbonyl (C=O) groups is 2. The molecular weight excluding hydrogens is 473 g/mol. The monoisotopic (exact) mass is 497 g/mol. The van der Waals surface area contributed by atoms with Crippen LogP contribution in [0, 0.1) is 0 Å². The molecule has 1 saturated heterocycles. The number of rotatable bonds is 6. The Kier molecular flexibility index (Phi) is 7.82. The molecule has 7 nitrogen and oxygen atoms in total. The van der Waals surface area contributed by atoms with Crippen LogP contribution in [0.15, 0.2) is 47.4 Å². The highest BCUT2D eigenvalue weighted by molar-refractivity contribution is 7.89. The minimum Gasteiger partial charge on any atom is -0.327 e. The van der Waals surface area contributed by atoms with Crippen LogP contribution in [0.3, 0.4) is 0 Å². The van der Waals surface area contributed by atoms with E-state index in [2.05, 4.69) is 10.0 Å². The molecule has 1 aliphatic heterocycles. The lowest BCUT2D eigenvalue weighted by Crippen LogP contribution is -2.50. The Morgan fingerprint density at radius 2 is 1.84 bits per heavy atom. The highest BCUT2D eigenvalue weighted by atomic mass is 35.5. The summed E-state index contributed by atoms with van der Waals surface area (Å²) < 4.78 is 27.5. The van der Waals surface area contributed by atoms with E-state index >= 15 is 0 Å². The summed E-state index contributed by atoms with van der Waals surface area (Å²) in [6.07, 6.45) is 2.03. The Balaban J connectivity index is 1.84. The van der Waals surface area contributed by atoms with Crippen molar-refractivity contribution in [2.75, 3.05) is 11.9 Å². The van der Waals surface area contributed by atoms with Crippen molar-refractivity contribution in [2.24, 2.45) is 0 Å². The average molecular weight is 498 g/mol. The zero-order valence-corrected chi connectivity index (χ0v) is 20.1. The Bertz CT molecular complexity index is 1120. The number of hydrogen-bond donors (Lipinski definition) is 2. The molecule has 0 spiro atoms. The number of sulfonamides is 1. The predicted octanol–water partition coefficient (Wildman–Crippen LogP) is 4.31. The maximum Gasteiger partial charge on any atom is 0.254 e. The summed E-state index contributed by atoms with van der Waals surface area (Å²) in [6.45, 7) is 3.83. The minimum absolute atomic E-state index is 0.000713. The Labute approximate surface area is 198 Å². The molecule has 0 saturated carbocycles. The molecule has 1 aliphatic rings. The fourth-order valence-electron chi connectivity index (χ4n) is 3.60. The van der Waals surface area contributed by atoms with Crippen molar-refractivity contribution >= 4 is 50.7 Å². The number of halogens is 2. The highest BCUT2D eigenvalue weighted by Gasteiger charge is 2.33. The van der Waals surface area contributed by atoms with Gasteiger partial charge in [0.05, 0.1) is 15.6 Å². The maximum absolute atomic E-state index is 13.3. The van der Waals surface area contributed by atoms with Crippen LogP contribution in [-0.2, 0) is 14.8 Å². The first kappa shape index (κ1) is 24.5. The molecule has 3 rings (SSSR count). The van der Waals surface area contributed by atoms with E-state index in [9.17, 15) is 18.0 Å². The minimum atomic E-state index is -3.75. The molecule has 0 radical (unpaired) electrons. The summed E-state index contributed by atoms with van der Waals surface area (Å²) in [5.41, 5.74) is 0.576. The van der Waals surface area contributed by atoms with Gasteiger partial charge in [-0.2, -0.15) is 0 Å². The van der Waals surface area contributed by atoms with Crippen molar-refractivity contribution in [3.8, 4) is 0 Å². The van der Waals surface area contributed by atoms with Gasteiger partial charge in [0.25, 0.3) is 5.91 Å². The second-order valence-corrected chi connectivity index (χ2v) is 10.5. The molecule has 0 bridgehead atoms. The fraction of sp³-hybridized carbons (Fsp3) is 0.364. The van der Waals surface area contributed by atoms with Crippen molar-refractivity contribution in [2.45, 2.75) is 50.1 Å². The number of nitrogens with one attached hydrogen (secondary N) is 2. The van der Waals surface area contributed by atoms with Gasteiger partial charge in [-0.3, -0.25) is 9.59 Å². The molecule has 0 aromatic heterocycles. The second-order valence-electron chi connectivity index (χ2n) is 7.93. The van der Waals surface area contributed by atoms with E-state index in [1.54, 1.807) is 38.1 Å². The number of carbonyl (C=O) groups excluding carboxylic acids is 2. The molecule has 2 amide bonds. The molecule has 10 heteroatoms. The number of piperidine rings is 1. The Morgan fingerprint density at radius 3 is 2.56 bits per heavy atom. The molecule has 1 fully saturated rings. The zero-order chi connectivity index (χ0) is 23.5. The van der Waals surface area contributed by atoms with Crippen LogP contribution in [0.2, 0.25) is 10.0 Å². The number of nitrogens with zero attached hydrogens (tertiary/aromatic N) is 1. The number of benzene rings is 2. The standard InChI is InChI=1S/C22H25Cl2N3O4S/c1-14(2)26-32(30,31)17-7-5-6-15(12-17)22(29)27-11-4-3-8-20(27)21(28)25-19-13-16(23)9-10-18(19)24/h5-7,9-10,12-14,20,26H,3-4,8,11H2,1-2H3,(H,25,28)/t20-/m0/s1. The van der Waals surface area contributed by atoms with E-state index in [0.29, 0.717) is 28.7 Å². The van der Waals surface area contributed by atoms with E-state index in [4.69, 9.17) is 23.2 Å². The van der Waals surface area contributed by atoms with Crippen molar-refractivity contribution in [3.63, 3.8) is 0 Å². The lowest BCUT2D eigenvalue weighted by Gasteiger charge is -2.35. The molecule has 2 N–H and O–H groups in total. The summed E-state index contributed by atoms with van der Waals surface area (Å²) in [6, 6.07) is 9.60. The smallest absolute Gasteiger partial charge is 0.254 e. The second kappa shape index (κ2) is 10.2. The van der Waals surface area contributed by atoms with Gasteiger partial charge in [0.15, 0.2) is 0 Å². The third-order valence-corrected chi connectivity index (χ3v) is 7.26. The SMILES string of the molecule is CC(C)NS(=O)(=O)c1cccc(C(=O)N2CCCC[C@H]2C(=O)Nc2cc(Cl)ccc2Cl)c1. The van der Waals surface area contributed by atoms with Crippen molar-refractivity contribution in [1.82, 2.24) is 9.62 Å². The zero-order valence-electron chi connectivity index (χ0n) is 17.8. The lowest BCUT2D eigenvalue weighted by molar-refractivity contribution is -0.121. The van der Waals surface area contributed by atoms with Gasteiger partial charge in [-0.1, -0.05) is 29.3 Å². The van der Waals surface area contributed by atoms with Gasteiger partial charge in [-0.05, 0) is 69.5 Å². The molecule has 0 aliphatic carbocycles. The van der Waals surface area contributed by atoms with Crippen LogP contribution in [0.1, 0.15) is 43.5 Å². The van der Waals surface area contributed by atoms with Gasteiger partial charge in [-0.25, -0.2) is 13.1 Å². The van der Waals surface area contributed by atoms with E-state index in [0.717, 1.165) is 12.8 Å². The molecule has 1 heterocycles. The van der Waals surface area contributed by atoms with Crippen LogP contribution < -0.4 is 10.0 Å². The van der Waals surface area contributed by atoms with Crippen molar-refractivity contribution in [3.05, 3.63) is 58.1 Å². The third-order valence-electron chi connectivity index (χ3n) is 5.03. The predicted molar refractivity (Wildman–Crippen MR) is 126 cm³/mol. The van der Waals surface area contributed by atoms with Gasteiger partial charge >= 0.3 is 0 Å². The third kappa shape index (κ3) is 5.81. The quantitative estimate of drug-likeness (QED) is 0.621. The molecule has 172 valence electrons. The van der Waals surface area contributed by atoms with Gasteiger partial charge in [0.2, 0.25) is 15.9 Å². The first-order valence-electron chi connectivity index (χ1n) is 10.3. The lowest BCUT2D eigenvalue weighted by atomic mass is 10.00. The summed E-state index contributed by atoms with van der Waals surface area (Å²) in [5.74, 6) is -0.767. The molecular formula is C22H25Cl2N3O4S. The van der Waals surface area contributed by atoms with E-state index in [1.807, 2.05) is 0 Å². The molecule has 2 aromatic carbocycles. The summed E-state index contributed by atoms with van der Waals surface area (Å²) in [5, 5.41) is 3.52. The highest BCUT2D eigenvalue weighted by Crippen LogP contribution is 2.27. The van der Waals surface area contributed by atoms with Gasteiger partial charge in [0, 0.05) is 23.2 Å².